The van der Waals surface area contributed by atoms with Crippen LogP contribution >= 0.6 is 24.8 Å². The van der Waals surface area contributed by atoms with Crippen molar-refractivity contribution in [3.8, 4) is 0 Å². The highest BCUT2D eigenvalue weighted by Crippen LogP contribution is 2.19. The molecule has 1 atom stereocenters. The monoisotopic (exact) mass is 431 g/mol. The first-order chi connectivity index (χ1) is 12.7. The van der Waals surface area contributed by atoms with Gasteiger partial charge in [0.15, 0.2) is 0 Å². The van der Waals surface area contributed by atoms with Crippen LogP contribution in [-0.4, -0.2) is 67.7 Å². The van der Waals surface area contributed by atoms with E-state index in [1.807, 2.05) is 11.0 Å². The topological polar surface area (TPSA) is 44.8 Å². The molecule has 2 fully saturated rings. The Bertz CT molecular complexity index is 554. The average molecular weight is 432 g/mol. The van der Waals surface area contributed by atoms with Gasteiger partial charge in [-0.1, -0.05) is 37.3 Å². The number of halogens is 2. The highest BCUT2D eigenvalue weighted by Gasteiger charge is 2.27. The second-order valence-corrected chi connectivity index (χ2v) is 7.55. The van der Waals surface area contributed by atoms with Gasteiger partial charge in [-0.15, -0.1) is 24.8 Å². The van der Waals surface area contributed by atoms with Gasteiger partial charge in [0, 0.05) is 32.7 Å². The first-order valence-corrected chi connectivity index (χ1v) is 10.1. The number of ether oxygens (including phenoxy) is 1. The lowest BCUT2D eigenvalue weighted by molar-refractivity contribution is -0.137. The summed E-state index contributed by atoms with van der Waals surface area (Å²) in [4.78, 5) is 17.1. The predicted molar refractivity (Wildman–Crippen MR) is 118 cm³/mol. The number of hydrogen-bond acceptors (Lipinski definition) is 4. The molecule has 7 heteroatoms. The van der Waals surface area contributed by atoms with Crippen molar-refractivity contribution in [2.75, 3.05) is 45.9 Å². The number of piperidine rings is 1. The minimum absolute atomic E-state index is 0. The van der Waals surface area contributed by atoms with Gasteiger partial charge in [-0.3, -0.25) is 9.69 Å². The Morgan fingerprint density at radius 3 is 2.54 bits per heavy atom. The summed E-state index contributed by atoms with van der Waals surface area (Å²) in [6.45, 7) is 9.48. The van der Waals surface area contributed by atoms with E-state index in [2.05, 4.69) is 41.4 Å². The number of carbonyl (C=O) groups excluding carboxylic acids is 1. The highest BCUT2D eigenvalue weighted by atomic mass is 35.5. The van der Waals surface area contributed by atoms with Gasteiger partial charge >= 0.3 is 0 Å². The number of likely N-dealkylation sites (tertiary alicyclic amines) is 1. The maximum atomic E-state index is 12.7. The van der Waals surface area contributed by atoms with Crippen LogP contribution in [-0.2, 0) is 16.1 Å². The largest absolute Gasteiger partial charge is 0.375 e. The molecule has 2 heterocycles. The number of amides is 1. The van der Waals surface area contributed by atoms with Crippen LogP contribution in [0, 0.1) is 5.92 Å². The van der Waals surface area contributed by atoms with Gasteiger partial charge in [0.05, 0.1) is 19.1 Å². The standard InChI is InChI=1S/C21H33N3O2.2ClH/c1-2-22-15-18-8-10-24(11-9-18)21(25)14-20-17-23(12-13-26-20)16-19-6-4-3-5-7-19;;/h3-7,18,20,22H,2,8-17H2,1H3;2*1H. The molecule has 1 aromatic carbocycles. The summed E-state index contributed by atoms with van der Waals surface area (Å²) in [5.74, 6) is 0.977. The first kappa shape index (κ1) is 25.2. The van der Waals surface area contributed by atoms with E-state index >= 15 is 0 Å². The van der Waals surface area contributed by atoms with E-state index in [4.69, 9.17) is 4.74 Å². The SMILES string of the molecule is CCNCC1CCN(C(=O)CC2CN(Cc3ccccc3)CCO2)CC1.Cl.Cl. The van der Waals surface area contributed by atoms with Crippen LogP contribution in [0.3, 0.4) is 0 Å². The van der Waals surface area contributed by atoms with E-state index in [0.717, 1.165) is 65.3 Å². The highest BCUT2D eigenvalue weighted by molar-refractivity contribution is 5.85. The van der Waals surface area contributed by atoms with Crippen LogP contribution in [0.25, 0.3) is 0 Å². The number of nitrogens with zero attached hydrogens (tertiary/aromatic N) is 2. The molecule has 1 N–H and O–H groups in total. The molecule has 5 nitrogen and oxygen atoms in total. The quantitative estimate of drug-likeness (QED) is 0.720. The molecule has 160 valence electrons. The summed E-state index contributed by atoms with van der Waals surface area (Å²) in [5, 5.41) is 3.42. The Morgan fingerprint density at radius 1 is 1.14 bits per heavy atom. The molecular formula is C21H35Cl2N3O2. The fourth-order valence-electron chi connectivity index (χ4n) is 3.95. The average Bonchev–Trinajstić information content (AvgIpc) is 2.68. The van der Waals surface area contributed by atoms with Crippen molar-refractivity contribution in [1.82, 2.24) is 15.1 Å². The van der Waals surface area contributed by atoms with E-state index in [9.17, 15) is 4.79 Å². The van der Waals surface area contributed by atoms with Gasteiger partial charge in [0.1, 0.15) is 0 Å². The van der Waals surface area contributed by atoms with E-state index in [-0.39, 0.29) is 36.8 Å². The molecule has 1 aromatic rings. The summed E-state index contributed by atoms with van der Waals surface area (Å²) in [5.41, 5.74) is 1.32. The maximum Gasteiger partial charge on any atom is 0.225 e. The summed E-state index contributed by atoms with van der Waals surface area (Å²) in [6.07, 6.45) is 2.78. The molecule has 3 rings (SSSR count). The second kappa shape index (κ2) is 13.4. The summed E-state index contributed by atoms with van der Waals surface area (Å²) in [7, 11) is 0. The van der Waals surface area contributed by atoms with Crippen molar-refractivity contribution >= 4 is 30.7 Å². The van der Waals surface area contributed by atoms with Crippen molar-refractivity contribution in [1.29, 1.82) is 0 Å². The molecule has 0 radical (unpaired) electrons. The Morgan fingerprint density at radius 2 is 1.86 bits per heavy atom. The van der Waals surface area contributed by atoms with Gasteiger partial charge < -0.3 is 15.0 Å². The molecule has 0 aromatic heterocycles. The molecule has 0 spiro atoms. The molecule has 1 unspecified atom stereocenters. The normalized spacial score (nSPS) is 20.9. The first-order valence-electron chi connectivity index (χ1n) is 10.1. The molecular weight excluding hydrogens is 397 g/mol. The number of benzene rings is 1. The Labute approximate surface area is 182 Å². The van der Waals surface area contributed by atoms with Gasteiger partial charge in [-0.2, -0.15) is 0 Å². The molecule has 28 heavy (non-hydrogen) atoms. The van der Waals surface area contributed by atoms with Gasteiger partial charge in [-0.05, 0) is 37.4 Å². The fourth-order valence-corrected chi connectivity index (χ4v) is 3.95. The summed E-state index contributed by atoms with van der Waals surface area (Å²) < 4.78 is 5.88. The zero-order valence-corrected chi connectivity index (χ0v) is 18.5. The zero-order valence-electron chi connectivity index (χ0n) is 16.8. The van der Waals surface area contributed by atoms with E-state index in [1.165, 1.54) is 5.56 Å². The van der Waals surface area contributed by atoms with Gasteiger partial charge in [0.2, 0.25) is 5.91 Å². The fraction of sp³-hybridized carbons (Fsp3) is 0.667. The summed E-state index contributed by atoms with van der Waals surface area (Å²) >= 11 is 0. The lowest BCUT2D eigenvalue weighted by Crippen LogP contribution is -2.46. The third-order valence-electron chi connectivity index (χ3n) is 5.52. The van der Waals surface area contributed by atoms with E-state index < -0.39 is 0 Å². The minimum atomic E-state index is 0. The third-order valence-corrected chi connectivity index (χ3v) is 5.52. The molecule has 0 bridgehead atoms. The van der Waals surface area contributed by atoms with E-state index in [0.29, 0.717) is 12.3 Å². The smallest absolute Gasteiger partial charge is 0.225 e. The van der Waals surface area contributed by atoms with Crippen LogP contribution in [0.4, 0.5) is 0 Å². The second-order valence-electron chi connectivity index (χ2n) is 7.55. The number of nitrogens with one attached hydrogen (secondary N) is 1. The maximum absolute atomic E-state index is 12.7. The van der Waals surface area contributed by atoms with Gasteiger partial charge in [-0.25, -0.2) is 0 Å². The van der Waals surface area contributed by atoms with Crippen LogP contribution in [0.2, 0.25) is 0 Å². The van der Waals surface area contributed by atoms with Crippen molar-refractivity contribution < 1.29 is 9.53 Å². The van der Waals surface area contributed by atoms with Crippen LogP contribution in [0.5, 0.6) is 0 Å². The number of morpholine rings is 1. The van der Waals surface area contributed by atoms with Gasteiger partial charge in [0.25, 0.3) is 0 Å². The van der Waals surface area contributed by atoms with Crippen LogP contribution in [0.15, 0.2) is 30.3 Å². The Balaban J connectivity index is 0.00000196. The molecule has 0 aliphatic carbocycles. The Hall–Kier alpha value is -0.850. The van der Waals surface area contributed by atoms with Crippen molar-refractivity contribution in [3.05, 3.63) is 35.9 Å². The molecule has 2 aliphatic rings. The summed E-state index contributed by atoms with van der Waals surface area (Å²) in [6, 6.07) is 10.5. The number of rotatable bonds is 7. The minimum Gasteiger partial charge on any atom is -0.375 e. The van der Waals surface area contributed by atoms with Crippen LogP contribution < -0.4 is 5.32 Å². The predicted octanol–water partition coefficient (Wildman–Crippen LogP) is 2.97. The van der Waals surface area contributed by atoms with Crippen LogP contribution in [0.1, 0.15) is 31.7 Å². The van der Waals surface area contributed by atoms with E-state index in [1.54, 1.807) is 0 Å². The molecule has 1 amide bonds. The molecule has 2 aliphatic heterocycles. The Kier molecular flexibility index (Phi) is 12.0. The zero-order chi connectivity index (χ0) is 18.2. The third kappa shape index (κ3) is 7.88. The molecule has 0 saturated carbocycles. The van der Waals surface area contributed by atoms with Crippen molar-refractivity contribution in [2.24, 2.45) is 5.92 Å². The lowest BCUT2D eigenvalue weighted by Gasteiger charge is -2.36. The number of carbonyl (C=O) groups is 1. The lowest BCUT2D eigenvalue weighted by atomic mass is 9.96. The molecule has 2 saturated heterocycles. The number of hydrogen-bond donors (Lipinski definition) is 1. The van der Waals surface area contributed by atoms with Crippen molar-refractivity contribution in [3.63, 3.8) is 0 Å². The van der Waals surface area contributed by atoms with Crippen molar-refractivity contribution in [2.45, 2.75) is 38.8 Å².